The number of hydrogen-bond donors (Lipinski definition) is 4. The van der Waals surface area contributed by atoms with Crippen LogP contribution < -0.4 is 10.6 Å². The van der Waals surface area contributed by atoms with E-state index in [2.05, 4.69) is 10.6 Å². The highest BCUT2D eigenvalue weighted by atomic mass is 16.4. The van der Waals surface area contributed by atoms with E-state index in [1.165, 1.54) is 11.3 Å². The first-order valence-corrected chi connectivity index (χ1v) is 8.19. The highest BCUT2D eigenvalue weighted by Crippen LogP contribution is 2.22. The maximum atomic E-state index is 12.0. The Morgan fingerprint density at radius 3 is 2.26 bits per heavy atom. The van der Waals surface area contributed by atoms with Crippen molar-refractivity contribution in [2.45, 2.75) is 56.6 Å². The van der Waals surface area contributed by atoms with Gasteiger partial charge in [0.25, 0.3) is 0 Å². The predicted molar refractivity (Wildman–Crippen MR) is 81.8 cm³/mol. The smallest absolute Gasteiger partial charge is 0.335 e. The molecule has 130 valence electrons. The molecule has 1 saturated heterocycles. The molecule has 0 aromatic heterocycles. The first kappa shape index (κ1) is 17.5. The van der Waals surface area contributed by atoms with Crippen LogP contribution in [0.5, 0.6) is 0 Å². The third-order valence-electron chi connectivity index (χ3n) is 4.68. The van der Waals surface area contributed by atoms with E-state index in [0.29, 0.717) is 0 Å². The number of carbonyl (C=O) groups excluding carboxylic acids is 2. The molecule has 2 aliphatic rings. The van der Waals surface area contributed by atoms with Gasteiger partial charge in [-0.2, -0.15) is 0 Å². The summed E-state index contributed by atoms with van der Waals surface area (Å²) in [7, 11) is 0. The molecule has 2 fully saturated rings. The second-order valence-corrected chi connectivity index (χ2v) is 6.38. The van der Waals surface area contributed by atoms with Crippen LogP contribution in [-0.4, -0.2) is 64.3 Å². The van der Waals surface area contributed by atoms with E-state index in [4.69, 9.17) is 5.11 Å². The number of nitrogens with zero attached hydrogens (tertiary/aromatic N) is 1. The van der Waals surface area contributed by atoms with Crippen molar-refractivity contribution in [3.05, 3.63) is 0 Å². The molecule has 8 heteroatoms. The summed E-state index contributed by atoms with van der Waals surface area (Å²) in [6.45, 7) is 0.227. The average Bonchev–Trinajstić information content (AvgIpc) is 2.54. The Kier molecular flexibility index (Phi) is 5.81. The fourth-order valence-corrected chi connectivity index (χ4v) is 3.09. The van der Waals surface area contributed by atoms with Crippen LogP contribution in [0, 0.1) is 0 Å². The summed E-state index contributed by atoms with van der Waals surface area (Å²) in [6, 6.07) is -0.163. The van der Waals surface area contributed by atoms with Gasteiger partial charge in [0.15, 0.2) is 5.60 Å². The lowest BCUT2D eigenvalue weighted by atomic mass is 9.91. The molecule has 3 amide bonds. The summed E-state index contributed by atoms with van der Waals surface area (Å²) in [5.74, 6) is -1.52. The summed E-state index contributed by atoms with van der Waals surface area (Å²) in [4.78, 5) is 36.2. The Balaban J connectivity index is 1.69. The van der Waals surface area contributed by atoms with Crippen LogP contribution >= 0.6 is 0 Å². The molecular weight excluding hydrogens is 302 g/mol. The Morgan fingerprint density at radius 1 is 1.09 bits per heavy atom. The lowest BCUT2D eigenvalue weighted by Crippen LogP contribution is -2.53. The number of aliphatic carboxylic acids is 1. The number of nitrogens with one attached hydrogen (secondary N) is 2. The second-order valence-electron chi connectivity index (χ2n) is 6.38. The molecule has 8 nitrogen and oxygen atoms in total. The molecular formula is C15H25N3O5. The molecule has 1 saturated carbocycles. The molecule has 0 atom stereocenters. The first-order chi connectivity index (χ1) is 10.9. The van der Waals surface area contributed by atoms with Crippen molar-refractivity contribution in [3.8, 4) is 0 Å². The zero-order valence-electron chi connectivity index (χ0n) is 13.2. The van der Waals surface area contributed by atoms with Crippen LogP contribution in [0.3, 0.4) is 0 Å². The molecule has 1 aliphatic carbocycles. The van der Waals surface area contributed by atoms with Gasteiger partial charge in [-0.15, -0.1) is 0 Å². The van der Waals surface area contributed by atoms with E-state index in [1.807, 2.05) is 0 Å². The fourth-order valence-electron chi connectivity index (χ4n) is 3.09. The Morgan fingerprint density at radius 2 is 1.70 bits per heavy atom. The van der Waals surface area contributed by atoms with Gasteiger partial charge in [-0.25, -0.2) is 9.59 Å². The van der Waals surface area contributed by atoms with Gasteiger partial charge in [0, 0.05) is 32.0 Å². The van der Waals surface area contributed by atoms with Gasteiger partial charge >= 0.3 is 12.0 Å². The minimum Gasteiger partial charge on any atom is -0.479 e. The number of likely N-dealkylation sites (tertiary alicyclic amines) is 1. The molecule has 0 aromatic carbocycles. The quantitative estimate of drug-likeness (QED) is 0.582. The number of aliphatic hydroxyl groups is 1. The zero-order valence-corrected chi connectivity index (χ0v) is 13.2. The van der Waals surface area contributed by atoms with Crippen molar-refractivity contribution in [1.82, 2.24) is 15.5 Å². The van der Waals surface area contributed by atoms with E-state index < -0.39 is 11.6 Å². The number of carboxylic acid groups (broad SMARTS) is 1. The Hall–Kier alpha value is -1.83. The fraction of sp³-hybridized carbons (Fsp3) is 0.800. The molecule has 0 unspecified atom stereocenters. The van der Waals surface area contributed by atoms with Crippen molar-refractivity contribution >= 4 is 17.9 Å². The standard InChI is InChI=1S/C15H25N3O5/c19-12(18-8-6-15(23,7-9-18)13(20)21)10-16-14(22)17-11-4-2-1-3-5-11/h11,23H,1-10H2,(H,20,21)(H2,16,17,22). The maximum Gasteiger partial charge on any atom is 0.335 e. The molecule has 0 aromatic rings. The van der Waals surface area contributed by atoms with E-state index in [9.17, 15) is 19.5 Å². The minimum atomic E-state index is -1.75. The van der Waals surface area contributed by atoms with Crippen molar-refractivity contribution in [2.75, 3.05) is 19.6 Å². The predicted octanol–water partition coefficient (Wildman–Crippen LogP) is 0.0564. The van der Waals surface area contributed by atoms with Crippen LogP contribution in [0.2, 0.25) is 0 Å². The maximum absolute atomic E-state index is 12.0. The van der Waals surface area contributed by atoms with Gasteiger partial charge in [0.2, 0.25) is 5.91 Å². The normalized spacial score (nSPS) is 21.5. The molecule has 0 spiro atoms. The van der Waals surface area contributed by atoms with Crippen molar-refractivity contribution in [1.29, 1.82) is 0 Å². The monoisotopic (exact) mass is 327 g/mol. The van der Waals surface area contributed by atoms with E-state index >= 15 is 0 Å². The number of carboxylic acids is 1. The molecule has 0 radical (unpaired) electrons. The topological polar surface area (TPSA) is 119 Å². The molecule has 23 heavy (non-hydrogen) atoms. The molecule has 2 rings (SSSR count). The van der Waals surface area contributed by atoms with Crippen molar-refractivity contribution in [3.63, 3.8) is 0 Å². The third-order valence-corrected chi connectivity index (χ3v) is 4.68. The van der Waals surface area contributed by atoms with Crippen LogP contribution in [0.4, 0.5) is 4.79 Å². The number of hydrogen-bond acceptors (Lipinski definition) is 4. The summed E-state index contributed by atoms with van der Waals surface area (Å²) in [5.41, 5.74) is -1.75. The molecule has 1 heterocycles. The van der Waals surface area contributed by atoms with Gasteiger partial charge < -0.3 is 25.7 Å². The number of amides is 3. The van der Waals surface area contributed by atoms with Crippen molar-refractivity contribution in [2.24, 2.45) is 0 Å². The first-order valence-electron chi connectivity index (χ1n) is 8.19. The zero-order chi connectivity index (χ0) is 16.9. The number of carbonyl (C=O) groups is 3. The van der Waals surface area contributed by atoms with Gasteiger partial charge in [-0.3, -0.25) is 4.79 Å². The van der Waals surface area contributed by atoms with Gasteiger partial charge in [0.05, 0.1) is 6.54 Å². The van der Waals surface area contributed by atoms with E-state index in [-0.39, 0.29) is 50.5 Å². The second kappa shape index (κ2) is 7.63. The number of piperidine rings is 1. The third kappa shape index (κ3) is 4.82. The van der Waals surface area contributed by atoms with Crippen LogP contribution in [-0.2, 0) is 9.59 Å². The molecule has 4 N–H and O–H groups in total. The summed E-state index contributed by atoms with van der Waals surface area (Å²) < 4.78 is 0. The molecule has 1 aliphatic heterocycles. The van der Waals surface area contributed by atoms with Gasteiger partial charge in [-0.05, 0) is 12.8 Å². The highest BCUT2D eigenvalue weighted by Gasteiger charge is 2.40. The molecule has 0 bridgehead atoms. The lowest BCUT2D eigenvalue weighted by Gasteiger charge is -2.35. The average molecular weight is 327 g/mol. The SMILES string of the molecule is O=C(NCC(=O)N1CCC(O)(C(=O)O)CC1)NC1CCCCC1. The van der Waals surface area contributed by atoms with Gasteiger partial charge in [0.1, 0.15) is 0 Å². The highest BCUT2D eigenvalue weighted by molar-refractivity contribution is 5.84. The van der Waals surface area contributed by atoms with Crippen LogP contribution in [0.15, 0.2) is 0 Å². The largest absolute Gasteiger partial charge is 0.479 e. The van der Waals surface area contributed by atoms with E-state index in [0.717, 1.165) is 25.7 Å². The minimum absolute atomic E-state index is 0.00233. The van der Waals surface area contributed by atoms with Crippen LogP contribution in [0.1, 0.15) is 44.9 Å². The Labute approximate surface area is 135 Å². The summed E-state index contributed by atoms with van der Waals surface area (Å²) in [5, 5.41) is 24.2. The number of rotatable bonds is 4. The summed E-state index contributed by atoms with van der Waals surface area (Å²) in [6.07, 6.45) is 5.39. The van der Waals surface area contributed by atoms with Crippen molar-refractivity contribution < 1.29 is 24.6 Å². The number of urea groups is 1. The van der Waals surface area contributed by atoms with Gasteiger partial charge in [-0.1, -0.05) is 19.3 Å². The van der Waals surface area contributed by atoms with E-state index in [1.54, 1.807) is 0 Å². The lowest BCUT2D eigenvalue weighted by molar-refractivity contribution is -0.165. The Bertz CT molecular complexity index is 454. The summed E-state index contributed by atoms with van der Waals surface area (Å²) >= 11 is 0. The van der Waals surface area contributed by atoms with Crippen LogP contribution in [0.25, 0.3) is 0 Å².